The Bertz CT molecular complexity index is 205. The van der Waals surface area contributed by atoms with Crippen molar-refractivity contribution in [3.63, 3.8) is 0 Å². The van der Waals surface area contributed by atoms with Crippen molar-refractivity contribution in [2.75, 3.05) is 0 Å². The Labute approximate surface area is 75.3 Å². The van der Waals surface area contributed by atoms with Crippen LogP contribution in [0.25, 0.3) is 0 Å². The standard InChI is InChI=1S/C5H7F5N2O.H2O/c6-4(7,5(8,9)10)2(11)1-3(12)13;/h2H,1,11H2,(H2,12,13);1H2. The quantitative estimate of drug-likeness (QED) is 0.635. The number of carbonyl (C=O) groups excluding carboxylic acids is 1. The van der Waals surface area contributed by atoms with Crippen molar-refractivity contribution >= 4 is 5.91 Å². The number of primary amides is 1. The number of hydrogen-bond acceptors (Lipinski definition) is 2. The lowest BCUT2D eigenvalue weighted by Crippen LogP contribution is -2.52. The number of alkyl halides is 5. The largest absolute Gasteiger partial charge is 0.454 e. The minimum absolute atomic E-state index is 0. The molecular weight excluding hydrogens is 215 g/mol. The monoisotopic (exact) mass is 224 g/mol. The topological polar surface area (TPSA) is 101 Å². The van der Waals surface area contributed by atoms with Crippen LogP contribution in [0.15, 0.2) is 0 Å². The van der Waals surface area contributed by atoms with Crippen molar-refractivity contribution in [2.45, 2.75) is 24.6 Å². The molecule has 14 heavy (non-hydrogen) atoms. The summed E-state index contributed by atoms with van der Waals surface area (Å²) in [7, 11) is 0. The number of halogens is 5. The van der Waals surface area contributed by atoms with E-state index in [-0.39, 0.29) is 5.48 Å². The van der Waals surface area contributed by atoms with Crippen LogP contribution in [-0.2, 0) is 4.79 Å². The Morgan fingerprint density at radius 3 is 1.79 bits per heavy atom. The van der Waals surface area contributed by atoms with Gasteiger partial charge in [-0.25, -0.2) is 0 Å². The van der Waals surface area contributed by atoms with E-state index >= 15 is 0 Å². The molecule has 9 heteroatoms. The summed E-state index contributed by atoms with van der Waals surface area (Å²) in [6, 6.07) is -2.63. The maximum Gasteiger partial charge on any atom is 0.454 e. The molecule has 0 heterocycles. The Kier molecular flexibility index (Phi) is 5.00. The van der Waals surface area contributed by atoms with Crippen LogP contribution in [-0.4, -0.2) is 29.5 Å². The van der Waals surface area contributed by atoms with E-state index in [2.05, 4.69) is 11.5 Å². The lowest BCUT2D eigenvalue weighted by molar-refractivity contribution is -0.289. The molecule has 0 radical (unpaired) electrons. The van der Waals surface area contributed by atoms with E-state index in [1.165, 1.54) is 0 Å². The molecule has 0 rings (SSSR count). The highest BCUT2D eigenvalue weighted by Crippen LogP contribution is 2.38. The van der Waals surface area contributed by atoms with Crippen LogP contribution < -0.4 is 11.5 Å². The summed E-state index contributed by atoms with van der Waals surface area (Å²) in [6.45, 7) is 0. The third-order valence-corrected chi connectivity index (χ3v) is 1.26. The molecule has 0 aliphatic heterocycles. The van der Waals surface area contributed by atoms with Gasteiger partial charge in [-0.1, -0.05) is 0 Å². The van der Waals surface area contributed by atoms with Gasteiger partial charge in [0.25, 0.3) is 0 Å². The summed E-state index contributed by atoms with van der Waals surface area (Å²) in [5.74, 6) is -6.40. The second-order valence-corrected chi connectivity index (χ2v) is 2.40. The summed E-state index contributed by atoms with van der Waals surface area (Å²) < 4.78 is 59.1. The lowest BCUT2D eigenvalue weighted by atomic mass is 10.1. The van der Waals surface area contributed by atoms with Crippen LogP contribution in [0.2, 0.25) is 0 Å². The van der Waals surface area contributed by atoms with Gasteiger partial charge in [0.05, 0.1) is 6.04 Å². The lowest BCUT2D eigenvalue weighted by Gasteiger charge is -2.24. The summed E-state index contributed by atoms with van der Waals surface area (Å²) in [5, 5.41) is 0. The Hall–Kier alpha value is -0.960. The summed E-state index contributed by atoms with van der Waals surface area (Å²) >= 11 is 0. The van der Waals surface area contributed by atoms with Crippen LogP contribution in [0, 0.1) is 0 Å². The first-order chi connectivity index (χ1) is 5.59. The molecule has 0 aliphatic rings. The minimum Gasteiger partial charge on any atom is -0.412 e. The van der Waals surface area contributed by atoms with E-state index < -0.39 is 30.5 Å². The minimum atomic E-state index is -5.76. The Morgan fingerprint density at radius 2 is 1.57 bits per heavy atom. The maximum absolute atomic E-state index is 12.2. The van der Waals surface area contributed by atoms with Crippen molar-refractivity contribution in [3.05, 3.63) is 0 Å². The molecule has 1 unspecified atom stereocenters. The van der Waals surface area contributed by atoms with Gasteiger partial charge < -0.3 is 16.9 Å². The van der Waals surface area contributed by atoms with Crippen LogP contribution in [0.5, 0.6) is 0 Å². The van der Waals surface area contributed by atoms with Gasteiger partial charge in [-0.15, -0.1) is 0 Å². The fraction of sp³-hybridized carbons (Fsp3) is 0.800. The van der Waals surface area contributed by atoms with Gasteiger partial charge in [-0.3, -0.25) is 4.79 Å². The third-order valence-electron chi connectivity index (χ3n) is 1.26. The number of hydrogen-bond donors (Lipinski definition) is 2. The highest BCUT2D eigenvalue weighted by atomic mass is 19.4. The fourth-order valence-electron chi connectivity index (χ4n) is 0.555. The second-order valence-electron chi connectivity index (χ2n) is 2.40. The highest BCUT2D eigenvalue weighted by molar-refractivity contribution is 5.74. The summed E-state index contributed by atoms with van der Waals surface area (Å²) in [5.41, 5.74) is 8.88. The average Bonchev–Trinajstić information content (AvgIpc) is 1.82. The van der Waals surface area contributed by atoms with E-state index in [1.807, 2.05) is 0 Å². The normalized spacial score (nSPS) is 14.4. The first-order valence-electron chi connectivity index (χ1n) is 3.07. The van der Waals surface area contributed by atoms with Crippen molar-refractivity contribution in [1.82, 2.24) is 0 Å². The zero-order valence-electron chi connectivity index (χ0n) is 6.74. The number of rotatable bonds is 3. The Balaban J connectivity index is 0. The molecule has 0 aromatic rings. The first kappa shape index (κ1) is 15.5. The fourth-order valence-corrected chi connectivity index (χ4v) is 0.555. The van der Waals surface area contributed by atoms with E-state index in [1.54, 1.807) is 0 Å². The highest BCUT2D eigenvalue weighted by Gasteiger charge is 2.61. The smallest absolute Gasteiger partial charge is 0.412 e. The van der Waals surface area contributed by atoms with Crippen molar-refractivity contribution in [1.29, 1.82) is 0 Å². The molecule has 0 aromatic heterocycles. The van der Waals surface area contributed by atoms with Gasteiger partial charge in [0.2, 0.25) is 5.91 Å². The predicted octanol–water partition coefficient (Wildman–Crippen LogP) is -0.438. The molecule has 0 aliphatic carbocycles. The first-order valence-corrected chi connectivity index (χ1v) is 3.07. The molecular formula is C5H9F5N2O2. The zero-order chi connectivity index (χ0) is 10.9. The molecule has 4 nitrogen and oxygen atoms in total. The molecule has 0 aromatic carbocycles. The van der Waals surface area contributed by atoms with Crippen LogP contribution in [0.1, 0.15) is 6.42 Å². The average molecular weight is 224 g/mol. The van der Waals surface area contributed by atoms with Gasteiger partial charge in [0.15, 0.2) is 0 Å². The zero-order valence-corrected chi connectivity index (χ0v) is 6.74. The summed E-state index contributed by atoms with van der Waals surface area (Å²) in [4.78, 5) is 10.0. The predicted molar refractivity (Wildman–Crippen MR) is 36.4 cm³/mol. The van der Waals surface area contributed by atoms with Gasteiger partial charge in [-0.05, 0) is 0 Å². The number of amides is 1. The molecule has 1 amide bonds. The molecule has 0 spiro atoms. The second kappa shape index (κ2) is 4.51. The molecule has 0 saturated carbocycles. The number of carbonyl (C=O) groups is 1. The van der Waals surface area contributed by atoms with Gasteiger partial charge in [0.1, 0.15) is 0 Å². The van der Waals surface area contributed by atoms with Crippen molar-refractivity contribution in [2.24, 2.45) is 11.5 Å². The van der Waals surface area contributed by atoms with Crippen LogP contribution >= 0.6 is 0 Å². The maximum atomic E-state index is 12.2. The van der Waals surface area contributed by atoms with E-state index in [4.69, 9.17) is 0 Å². The van der Waals surface area contributed by atoms with Gasteiger partial charge in [-0.2, -0.15) is 22.0 Å². The third kappa shape index (κ3) is 3.42. The Morgan fingerprint density at radius 1 is 1.21 bits per heavy atom. The molecule has 86 valence electrons. The van der Waals surface area contributed by atoms with E-state index in [9.17, 15) is 26.7 Å². The molecule has 0 fully saturated rings. The van der Waals surface area contributed by atoms with Crippen molar-refractivity contribution < 1.29 is 32.2 Å². The van der Waals surface area contributed by atoms with E-state index in [0.717, 1.165) is 0 Å². The van der Waals surface area contributed by atoms with Gasteiger partial charge in [0, 0.05) is 6.42 Å². The molecule has 0 bridgehead atoms. The van der Waals surface area contributed by atoms with Crippen molar-refractivity contribution in [3.8, 4) is 0 Å². The van der Waals surface area contributed by atoms with Crippen LogP contribution in [0.3, 0.4) is 0 Å². The van der Waals surface area contributed by atoms with Crippen LogP contribution in [0.4, 0.5) is 22.0 Å². The van der Waals surface area contributed by atoms with Gasteiger partial charge >= 0.3 is 12.1 Å². The van der Waals surface area contributed by atoms with E-state index in [0.29, 0.717) is 0 Å². The molecule has 0 saturated heterocycles. The molecule has 1 atom stereocenters. The summed E-state index contributed by atoms with van der Waals surface area (Å²) in [6.07, 6.45) is -6.98. The molecule has 6 N–H and O–H groups in total. The number of nitrogens with two attached hydrogens (primary N) is 2. The SMILES string of the molecule is NC(=O)CC(N)C(F)(F)C(F)(F)F.O.